The quantitative estimate of drug-likeness (QED) is 0.301. The Balaban J connectivity index is 1.84. The second kappa shape index (κ2) is 11.9. The molecule has 0 aliphatic carbocycles. The second-order valence-corrected chi connectivity index (χ2v) is 8.73. The maximum absolute atomic E-state index is 11.1. The lowest BCUT2D eigenvalue weighted by Crippen LogP contribution is -2.12. The molecule has 2 aromatic carbocycles. The summed E-state index contributed by atoms with van der Waals surface area (Å²) >= 11 is 0. The molecule has 3 nitrogen and oxygen atoms in total. The minimum atomic E-state index is -2.98. The van der Waals surface area contributed by atoms with Crippen molar-refractivity contribution in [1.82, 2.24) is 0 Å². The topological polar surface area (TPSA) is 38.7 Å². The third-order valence-electron chi connectivity index (χ3n) is 4.28. The van der Waals surface area contributed by atoms with E-state index in [2.05, 4.69) is 6.92 Å². The van der Waals surface area contributed by atoms with Gasteiger partial charge in [0.15, 0.2) is 17.7 Å². The van der Waals surface area contributed by atoms with Crippen LogP contribution in [0.3, 0.4) is 0 Å². The molecule has 0 aliphatic heterocycles. The van der Waals surface area contributed by atoms with Crippen molar-refractivity contribution in [3.63, 3.8) is 0 Å². The highest BCUT2D eigenvalue weighted by Gasteiger charge is 2.43. The monoisotopic (exact) mass is 375 g/mol. The summed E-state index contributed by atoms with van der Waals surface area (Å²) in [4.78, 5) is 11.1. The van der Waals surface area contributed by atoms with E-state index in [4.69, 9.17) is 9.05 Å². The van der Waals surface area contributed by atoms with E-state index in [-0.39, 0.29) is 0 Å². The van der Waals surface area contributed by atoms with Crippen LogP contribution in [0.15, 0.2) is 60.7 Å². The summed E-state index contributed by atoms with van der Waals surface area (Å²) in [5.41, 5.74) is 0. The maximum atomic E-state index is 11.1. The summed E-state index contributed by atoms with van der Waals surface area (Å²) in [6.07, 6.45) is 10.3. The second-order valence-electron chi connectivity index (χ2n) is 6.64. The van der Waals surface area contributed by atoms with Gasteiger partial charge in [-0.15, -0.1) is 0 Å². The normalized spacial score (nSPS) is 11.3. The van der Waals surface area contributed by atoms with Crippen LogP contribution in [-0.2, 0) is 0 Å². The van der Waals surface area contributed by atoms with Crippen LogP contribution in [0.5, 0.6) is 11.5 Å². The molecule has 2 aromatic rings. The number of para-hydroxylation sites is 2. The van der Waals surface area contributed by atoms with Gasteiger partial charge in [-0.05, 0) is 37.1 Å². The van der Waals surface area contributed by atoms with E-state index in [0.717, 1.165) is 12.8 Å². The van der Waals surface area contributed by atoms with Crippen LogP contribution >= 0.6 is 7.94 Å². The van der Waals surface area contributed by atoms with Crippen LogP contribution in [-0.4, -0.2) is 11.1 Å². The van der Waals surface area contributed by atoms with E-state index in [0.29, 0.717) is 17.7 Å². The molecule has 0 unspecified atom stereocenters. The Morgan fingerprint density at radius 1 is 0.654 bits per heavy atom. The molecule has 0 spiro atoms. The molecular formula is C22H32O3P+. The zero-order valence-electron chi connectivity index (χ0n) is 15.8. The lowest BCUT2D eigenvalue weighted by atomic mass is 10.1. The minimum absolute atomic E-state index is 0.547. The minimum Gasteiger partial charge on any atom is -0.278 e. The molecule has 0 radical (unpaired) electrons. The van der Waals surface area contributed by atoms with Crippen molar-refractivity contribution in [2.24, 2.45) is 0 Å². The van der Waals surface area contributed by atoms with Gasteiger partial charge in [0.1, 0.15) is 0 Å². The summed E-state index contributed by atoms with van der Waals surface area (Å²) in [5, 5.41) is 0. The molecule has 0 amide bonds. The molecule has 0 fully saturated rings. The van der Waals surface area contributed by atoms with E-state index in [1.807, 2.05) is 60.7 Å². The van der Waals surface area contributed by atoms with Crippen molar-refractivity contribution in [2.75, 3.05) is 6.16 Å². The standard InChI is InChI=1S/C22H32O3P/c1-2-3-4-5-6-7-8-15-20-26(23,24-21-16-11-9-12-17-21)25-22-18-13-10-14-19-22/h9-14,16-19,23H,2-8,15,20H2,1H3/q+1. The van der Waals surface area contributed by atoms with Crippen molar-refractivity contribution in [3.05, 3.63) is 60.7 Å². The Morgan fingerprint density at radius 3 is 1.54 bits per heavy atom. The molecular weight excluding hydrogens is 343 g/mol. The van der Waals surface area contributed by atoms with Crippen LogP contribution in [0.1, 0.15) is 58.3 Å². The van der Waals surface area contributed by atoms with Crippen molar-refractivity contribution in [2.45, 2.75) is 58.3 Å². The molecule has 0 heterocycles. The van der Waals surface area contributed by atoms with E-state index >= 15 is 0 Å². The molecule has 0 aliphatic rings. The van der Waals surface area contributed by atoms with Gasteiger partial charge < -0.3 is 0 Å². The molecule has 0 aromatic heterocycles. The number of benzene rings is 2. The molecule has 0 saturated carbocycles. The van der Waals surface area contributed by atoms with Crippen LogP contribution in [0, 0.1) is 0 Å². The first kappa shape index (κ1) is 20.7. The Kier molecular flexibility index (Phi) is 9.52. The van der Waals surface area contributed by atoms with E-state index in [1.54, 1.807) is 0 Å². The Hall–Kier alpha value is -1.57. The van der Waals surface area contributed by atoms with Crippen molar-refractivity contribution in [3.8, 4) is 11.5 Å². The maximum Gasteiger partial charge on any atom is 0.495 e. The number of hydrogen-bond acceptors (Lipinski definition) is 3. The third kappa shape index (κ3) is 8.21. The lowest BCUT2D eigenvalue weighted by molar-refractivity contribution is 0.344. The summed E-state index contributed by atoms with van der Waals surface area (Å²) in [6.45, 7) is 2.24. The molecule has 142 valence electrons. The molecule has 4 heteroatoms. The fourth-order valence-corrected chi connectivity index (χ4v) is 4.59. The first-order chi connectivity index (χ1) is 12.7. The Labute approximate surface area is 159 Å². The lowest BCUT2D eigenvalue weighted by Gasteiger charge is -2.18. The highest BCUT2D eigenvalue weighted by Crippen LogP contribution is 2.56. The first-order valence-corrected chi connectivity index (χ1v) is 11.6. The zero-order chi connectivity index (χ0) is 18.5. The van der Waals surface area contributed by atoms with Crippen molar-refractivity contribution >= 4 is 7.94 Å². The van der Waals surface area contributed by atoms with Gasteiger partial charge >= 0.3 is 7.94 Å². The predicted molar refractivity (Wildman–Crippen MR) is 111 cm³/mol. The predicted octanol–water partition coefficient (Wildman–Crippen LogP) is 7.04. The van der Waals surface area contributed by atoms with Gasteiger partial charge in [-0.1, -0.05) is 81.8 Å². The molecule has 0 bridgehead atoms. The summed E-state index contributed by atoms with van der Waals surface area (Å²) < 4.78 is 11.8. The SMILES string of the molecule is CCCCCCCCCC[P+](O)(Oc1ccccc1)Oc1ccccc1. The van der Waals surface area contributed by atoms with Gasteiger partial charge in [0.2, 0.25) is 0 Å². The molecule has 26 heavy (non-hydrogen) atoms. The molecule has 0 atom stereocenters. The van der Waals surface area contributed by atoms with Gasteiger partial charge in [0.05, 0.1) is 0 Å². The zero-order valence-corrected chi connectivity index (χ0v) is 16.7. The van der Waals surface area contributed by atoms with Gasteiger partial charge in [-0.3, -0.25) is 9.05 Å². The summed E-state index contributed by atoms with van der Waals surface area (Å²) in [6, 6.07) is 18.9. The van der Waals surface area contributed by atoms with Gasteiger partial charge in [0, 0.05) is 0 Å². The third-order valence-corrected chi connectivity index (χ3v) is 6.15. The molecule has 1 N–H and O–H groups in total. The van der Waals surface area contributed by atoms with E-state index < -0.39 is 7.94 Å². The van der Waals surface area contributed by atoms with Crippen LogP contribution in [0.2, 0.25) is 0 Å². The molecule has 0 saturated heterocycles. The van der Waals surface area contributed by atoms with Crippen LogP contribution < -0.4 is 9.05 Å². The van der Waals surface area contributed by atoms with Gasteiger partial charge in [0.25, 0.3) is 0 Å². The van der Waals surface area contributed by atoms with Gasteiger partial charge in [-0.25, -0.2) is 0 Å². The Morgan fingerprint density at radius 2 is 1.08 bits per heavy atom. The Bertz CT molecular complexity index is 547. The smallest absolute Gasteiger partial charge is 0.278 e. The highest BCUT2D eigenvalue weighted by atomic mass is 31.2. The average Bonchev–Trinajstić information content (AvgIpc) is 2.65. The van der Waals surface area contributed by atoms with Crippen molar-refractivity contribution in [1.29, 1.82) is 0 Å². The highest BCUT2D eigenvalue weighted by molar-refractivity contribution is 7.61. The number of unbranched alkanes of at least 4 members (excludes halogenated alkanes) is 7. The fraction of sp³-hybridized carbons (Fsp3) is 0.455. The summed E-state index contributed by atoms with van der Waals surface area (Å²) in [7, 11) is -2.98. The van der Waals surface area contributed by atoms with Crippen molar-refractivity contribution < 1.29 is 13.9 Å². The van der Waals surface area contributed by atoms with E-state index in [9.17, 15) is 4.89 Å². The van der Waals surface area contributed by atoms with E-state index in [1.165, 1.54) is 38.5 Å². The molecule has 2 rings (SSSR count). The average molecular weight is 375 g/mol. The van der Waals surface area contributed by atoms with Gasteiger partial charge in [-0.2, -0.15) is 4.89 Å². The number of hydrogen-bond donors (Lipinski definition) is 1. The largest absolute Gasteiger partial charge is 0.495 e. The fourth-order valence-electron chi connectivity index (χ4n) is 2.85. The van der Waals surface area contributed by atoms with Crippen LogP contribution in [0.25, 0.3) is 0 Å². The van der Waals surface area contributed by atoms with Crippen LogP contribution in [0.4, 0.5) is 0 Å². The first-order valence-electron chi connectivity index (χ1n) is 9.82. The summed E-state index contributed by atoms with van der Waals surface area (Å²) in [5.74, 6) is 1.30. The number of rotatable bonds is 13.